The Hall–Kier alpha value is -0.913. The van der Waals surface area contributed by atoms with Gasteiger partial charge < -0.3 is 9.53 Å². The maximum Gasteiger partial charge on any atom is 0.340 e. The highest BCUT2D eigenvalue weighted by molar-refractivity contribution is 6.77. The van der Waals surface area contributed by atoms with Gasteiger partial charge in [0, 0.05) is 0 Å². The molecule has 0 unspecified atom stereocenters. The van der Waals surface area contributed by atoms with Gasteiger partial charge in [-0.2, -0.15) is 0 Å². The number of carbonyl (C=O) groups is 1. The largest absolute Gasteiger partial charge is 0.478 e. The minimum atomic E-state index is -2.06. The molecule has 6 heteroatoms. The standard InChI is InChI=1S/C17H26ClFO3Si/c1-10(2)23(11(3)4,12(5)6)22-9-13-7-14(18)16(17(20)21)15(19)8-13/h7-8,10-12H,9H2,1-6H3,(H,20,21). The first-order chi connectivity index (χ1) is 10.5. The maximum absolute atomic E-state index is 13.9. The van der Waals surface area contributed by atoms with Crippen molar-refractivity contribution in [3.05, 3.63) is 34.1 Å². The van der Waals surface area contributed by atoms with Gasteiger partial charge in [-0.15, -0.1) is 0 Å². The van der Waals surface area contributed by atoms with Crippen molar-refractivity contribution in [1.29, 1.82) is 0 Å². The molecule has 0 atom stereocenters. The van der Waals surface area contributed by atoms with Gasteiger partial charge in [0.2, 0.25) is 8.32 Å². The second-order valence-electron chi connectivity index (χ2n) is 6.85. The number of hydrogen-bond donors (Lipinski definition) is 1. The molecule has 0 aromatic heterocycles. The zero-order valence-corrected chi connectivity index (χ0v) is 16.4. The maximum atomic E-state index is 13.9. The van der Waals surface area contributed by atoms with Gasteiger partial charge >= 0.3 is 5.97 Å². The predicted octanol–water partition coefficient (Wildman–Crippen LogP) is 5.87. The quantitative estimate of drug-likeness (QED) is 0.618. The lowest BCUT2D eigenvalue weighted by Crippen LogP contribution is -2.47. The summed E-state index contributed by atoms with van der Waals surface area (Å²) in [6, 6.07) is 2.68. The molecule has 0 bridgehead atoms. The number of carboxylic acids is 1. The van der Waals surface area contributed by atoms with Gasteiger partial charge in [0.1, 0.15) is 11.4 Å². The van der Waals surface area contributed by atoms with Gasteiger partial charge in [0.25, 0.3) is 0 Å². The van der Waals surface area contributed by atoms with E-state index in [1.165, 1.54) is 12.1 Å². The van der Waals surface area contributed by atoms with Gasteiger partial charge in [0.15, 0.2) is 0 Å². The molecule has 3 nitrogen and oxygen atoms in total. The van der Waals surface area contributed by atoms with Crippen LogP contribution in [0.2, 0.25) is 21.6 Å². The van der Waals surface area contributed by atoms with Crippen LogP contribution in [0.4, 0.5) is 4.39 Å². The van der Waals surface area contributed by atoms with Crippen LogP contribution in [0.15, 0.2) is 12.1 Å². The molecule has 1 rings (SSSR count). The fraction of sp³-hybridized carbons (Fsp3) is 0.588. The van der Waals surface area contributed by atoms with Crippen molar-refractivity contribution < 1.29 is 18.7 Å². The van der Waals surface area contributed by atoms with Crippen molar-refractivity contribution in [1.82, 2.24) is 0 Å². The van der Waals surface area contributed by atoms with Crippen LogP contribution in [0, 0.1) is 5.82 Å². The first kappa shape index (κ1) is 20.1. The second kappa shape index (κ2) is 7.77. The fourth-order valence-corrected chi connectivity index (χ4v) is 9.35. The molecular weight excluding hydrogens is 335 g/mol. The van der Waals surface area contributed by atoms with Crippen LogP contribution in [0.3, 0.4) is 0 Å². The zero-order chi connectivity index (χ0) is 17.9. The topological polar surface area (TPSA) is 46.5 Å². The van der Waals surface area contributed by atoms with E-state index in [1.54, 1.807) is 0 Å². The van der Waals surface area contributed by atoms with Gasteiger partial charge in [0.05, 0.1) is 11.6 Å². The summed E-state index contributed by atoms with van der Waals surface area (Å²) in [5, 5.41) is 8.87. The Morgan fingerprint density at radius 1 is 1.17 bits per heavy atom. The van der Waals surface area contributed by atoms with E-state index in [9.17, 15) is 9.18 Å². The van der Waals surface area contributed by atoms with E-state index in [2.05, 4.69) is 41.5 Å². The normalized spacial score (nSPS) is 12.5. The number of benzene rings is 1. The van der Waals surface area contributed by atoms with E-state index in [1.807, 2.05) is 0 Å². The highest BCUT2D eigenvalue weighted by Crippen LogP contribution is 2.42. The number of carboxylic acid groups (broad SMARTS) is 1. The summed E-state index contributed by atoms with van der Waals surface area (Å²) >= 11 is 5.90. The molecule has 23 heavy (non-hydrogen) atoms. The third kappa shape index (κ3) is 4.14. The molecule has 130 valence electrons. The van der Waals surface area contributed by atoms with Gasteiger partial charge in [-0.1, -0.05) is 53.1 Å². The molecule has 0 saturated carbocycles. The van der Waals surface area contributed by atoms with E-state index in [0.717, 1.165) is 0 Å². The van der Waals surface area contributed by atoms with Crippen molar-refractivity contribution in [3.63, 3.8) is 0 Å². The van der Waals surface area contributed by atoms with Crippen molar-refractivity contribution >= 4 is 25.9 Å². The third-order valence-corrected chi connectivity index (χ3v) is 10.9. The molecule has 1 aromatic carbocycles. The minimum Gasteiger partial charge on any atom is -0.478 e. The monoisotopic (exact) mass is 360 g/mol. The van der Waals surface area contributed by atoms with Crippen molar-refractivity contribution in [2.24, 2.45) is 0 Å². The lowest BCUT2D eigenvalue weighted by Gasteiger charge is -2.42. The Morgan fingerprint density at radius 3 is 2.00 bits per heavy atom. The Balaban J connectivity index is 3.10. The average Bonchev–Trinajstić information content (AvgIpc) is 2.36. The van der Waals surface area contributed by atoms with Crippen LogP contribution >= 0.6 is 11.6 Å². The van der Waals surface area contributed by atoms with Gasteiger partial charge in [-0.25, -0.2) is 9.18 Å². The fourth-order valence-electron chi connectivity index (χ4n) is 3.62. The summed E-state index contributed by atoms with van der Waals surface area (Å²) in [6.45, 7) is 13.3. The minimum absolute atomic E-state index is 0.0954. The van der Waals surface area contributed by atoms with Crippen LogP contribution in [-0.2, 0) is 11.0 Å². The van der Waals surface area contributed by atoms with E-state index >= 15 is 0 Å². The first-order valence-electron chi connectivity index (χ1n) is 7.89. The Kier molecular flexibility index (Phi) is 6.80. The molecule has 0 fully saturated rings. The number of rotatable bonds is 7. The Morgan fingerprint density at radius 2 is 1.65 bits per heavy atom. The highest BCUT2D eigenvalue weighted by atomic mass is 35.5. The second-order valence-corrected chi connectivity index (χ2v) is 12.7. The predicted molar refractivity (Wildman–Crippen MR) is 94.2 cm³/mol. The number of hydrogen-bond acceptors (Lipinski definition) is 2. The summed E-state index contributed by atoms with van der Waals surface area (Å²) in [4.78, 5) is 11.0. The molecule has 0 aliphatic rings. The smallest absolute Gasteiger partial charge is 0.340 e. The van der Waals surface area contributed by atoms with Crippen LogP contribution in [0.1, 0.15) is 57.5 Å². The van der Waals surface area contributed by atoms with Gasteiger partial charge in [-0.3, -0.25) is 0 Å². The average molecular weight is 361 g/mol. The summed E-state index contributed by atoms with van der Waals surface area (Å²) < 4.78 is 20.3. The lowest BCUT2D eigenvalue weighted by atomic mass is 10.1. The van der Waals surface area contributed by atoms with Crippen LogP contribution < -0.4 is 0 Å². The van der Waals surface area contributed by atoms with Crippen LogP contribution in [0.25, 0.3) is 0 Å². The van der Waals surface area contributed by atoms with Crippen LogP contribution in [-0.4, -0.2) is 19.4 Å². The van der Waals surface area contributed by atoms with E-state index in [0.29, 0.717) is 22.2 Å². The molecule has 0 saturated heterocycles. The molecule has 1 N–H and O–H groups in total. The molecule has 0 radical (unpaired) electrons. The van der Waals surface area contributed by atoms with Crippen LogP contribution in [0.5, 0.6) is 0 Å². The number of aromatic carboxylic acids is 1. The summed E-state index contributed by atoms with van der Waals surface area (Å²) in [5.41, 5.74) is 1.33. The first-order valence-corrected chi connectivity index (χ1v) is 10.4. The summed E-state index contributed by atoms with van der Waals surface area (Å²) in [6.07, 6.45) is 0. The highest BCUT2D eigenvalue weighted by Gasteiger charge is 2.45. The molecule has 0 heterocycles. The van der Waals surface area contributed by atoms with E-state index in [4.69, 9.17) is 21.1 Å². The zero-order valence-electron chi connectivity index (χ0n) is 14.6. The third-order valence-electron chi connectivity index (χ3n) is 4.51. The Bertz CT molecular complexity index is 528. The van der Waals surface area contributed by atoms with E-state index < -0.39 is 25.7 Å². The molecule has 0 spiro atoms. The summed E-state index contributed by atoms with van der Waals surface area (Å²) in [5.74, 6) is -2.19. The summed E-state index contributed by atoms with van der Waals surface area (Å²) in [7, 11) is -2.06. The molecule has 0 amide bonds. The molecular formula is C17H26ClFO3Si. The van der Waals surface area contributed by atoms with Crippen molar-refractivity contribution in [2.75, 3.05) is 0 Å². The van der Waals surface area contributed by atoms with Crippen molar-refractivity contribution in [2.45, 2.75) is 64.8 Å². The molecule has 0 aliphatic heterocycles. The van der Waals surface area contributed by atoms with E-state index in [-0.39, 0.29) is 11.6 Å². The molecule has 0 aliphatic carbocycles. The molecule has 1 aromatic rings. The number of halogens is 2. The Labute approximate surface area is 143 Å². The van der Waals surface area contributed by atoms with Gasteiger partial charge in [-0.05, 0) is 34.3 Å². The van der Waals surface area contributed by atoms with Crippen molar-refractivity contribution in [3.8, 4) is 0 Å². The lowest BCUT2D eigenvalue weighted by molar-refractivity contribution is 0.0692. The SMILES string of the molecule is CC(C)[Si](OCc1cc(F)c(C(=O)O)c(Cl)c1)(C(C)C)C(C)C.